The number of amides is 2. The molecule has 0 spiro atoms. The van der Waals surface area contributed by atoms with E-state index in [1.165, 1.54) is 0 Å². The number of hydrogen-bond acceptors (Lipinski definition) is 4. The highest BCUT2D eigenvalue weighted by molar-refractivity contribution is 7.98. The smallest absolute Gasteiger partial charge is 0.315 e. The van der Waals surface area contributed by atoms with Gasteiger partial charge >= 0.3 is 12.0 Å². The molecule has 0 bridgehead atoms. The third kappa shape index (κ3) is 3.52. The molecule has 0 radical (unpaired) electrons. The molecular weight excluding hydrogens is 256 g/mol. The highest BCUT2D eigenvalue weighted by Gasteiger charge is 2.47. The molecule has 0 aromatic carbocycles. The van der Waals surface area contributed by atoms with Crippen LogP contribution in [0.1, 0.15) is 13.8 Å². The molecule has 3 atom stereocenters. The lowest BCUT2D eigenvalue weighted by Crippen LogP contribution is -2.53. The van der Waals surface area contributed by atoms with E-state index in [0.717, 1.165) is 5.75 Å². The summed E-state index contributed by atoms with van der Waals surface area (Å²) in [6.45, 7) is 3.83. The van der Waals surface area contributed by atoms with Gasteiger partial charge in [-0.05, 0) is 20.1 Å². The Bertz CT molecular complexity index is 326. The molecule has 18 heavy (non-hydrogen) atoms. The molecule has 1 saturated heterocycles. The number of urea groups is 1. The minimum atomic E-state index is -1.06. The van der Waals surface area contributed by atoms with Gasteiger partial charge in [-0.25, -0.2) is 4.79 Å². The first-order valence-electron chi connectivity index (χ1n) is 5.77. The molecule has 1 aliphatic rings. The lowest BCUT2D eigenvalue weighted by molar-refractivity contribution is -0.148. The summed E-state index contributed by atoms with van der Waals surface area (Å²) in [5.74, 6) is -0.146. The van der Waals surface area contributed by atoms with Crippen molar-refractivity contribution in [3.05, 3.63) is 0 Å². The van der Waals surface area contributed by atoms with Crippen LogP contribution in [0.15, 0.2) is 0 Å². The first-order chi connectivity index (χ1) is 8.40. The lowest BCUT2D eigenvalue weighted by atomic mass is 9.85. The normalized spacial score (nSPS) is 28.7. The van der Waals surface area contributed by atoms with Crippen molar-refractivity contribution in [1.29, 1.82) is 0 Å². The van der Waals surface area contributed by atoms with Crippen LogP contribution in [-0.2, 0) is 9.53 Å². The molecule has 1 fully saturated rings. The van der Waals surface area contributed by atoms with E-state index >= 15 is 0 Å². The third-order valence-corrected chi connectivity index (χ3v) is 3.88. The van der Waals surface area contributed by atoms with Gasteiger partial charge in [-0.15, -0.1) is 0 Å². The SMILES string of the molecule is CSCC(C)NC(=O)NC1COCC1(C)C(=O)O. The summed E-state index contributed by atoms with van der Waals surface area (Å²) < 4.78 is 5.16. The molecule has 0 aromatic rings. The van der Waals surface area contributed by atoms with Crippen molar-refractivity contribution in [2.24, 2.45) is 5.41 Å². The molecule has 0 aromatic heterocycles. The van der Waals surface area contributed by atoms with Crippen LogP contribution in [0.5, 0.6) is 0 Å². The molecule has 7 heteroatoms. The van der Waals surface area contributed by atoms with Crippen LogP contribution in [0.25, 0.3) is 0 Å². The average molecular weight is 276 g/mol. The Kier molecular flexibility index (Phi) is 5.28. The van der Waals surface area contributed by atoms with Crippen LogP contribution in [0, 0.1) is 5.41 Å². The summed E-state index contributed by atoms with van der Waals surface area (Å²) in [6, 6.07) is -0.811. The number of aliphatic carboxylic acids is 1. The van der Waals surface area contributed by atoms with Crippen LogP contribution < -0.4 is 10.6 Å². The number of hydrogen-bond donors (Lipinski definition) is 3. The van der Waals surface area contributed by atoms with Crippen LogP contribution in [-0.4, -0.2) is 54.4 Å². The van der Waals surface area contributed by atoms with Crippen LogP contribution in [0.4, 0.5) is 4.79 Å². The van der Waals surface area contributed by atoms with Gasteiger partial charge in [0.2, 0.25) is 0 Å². The summed E-state index contributed by atoms with van der Waals surface area (Å²) in [5.41, 5.74) is -1.06. The Labute approximate surface area is 111 Å². The Hall–Kier alpha value is -0.950. The van der Waals surface area contributed by atoms with Crippen LogP contribution >= 0.6 is 11.8 Å². The molecule has 0 aliphatic carbocycles. The number of carboxylic acids is 1. The fraction of sp³-hybridized carbons (Fsp3) is 0.818. The summed E-state index contributed by atoms with van der Waals surface area (Å²) in [7, 11) is 0. The van der Waals surface area contributed by atoms with Crippen molar-refractivity contribution in [1.82, 2.24) is 10.6 Å². The van der Waals surface area contributed by atoms with Crippen molar-refractivity contribution in [3.8, 4) is 0 Å². The van der Waals surface area contributed by atoms with Gasteiger partial charge in [0.25, 0.3) is 0 Å². The van der Waals surface area contributed by atoms with Crippen molar-refractivity contribution >= 4 is 23.8 Å². The number of rotatable bonds is 5. The summed E-state index contributed by atoms with van der Waals surface area (Å²) in [6.07, 6.45) is 1.96. The Morgan fingerprint density at radius 1 is 1.61 bits per heavy atom. The summed E-state index contributed by atoms with van der Waals surface area (Å²) >= 11 is 1.64. The Morgan fingerprint density at radius 2 is 2.28 bits per heavy atom. The average Bonchev–Trinajstić information content (AvgIpc) is 2.61. The van der Waals surface area contributed by atoms with E-state index < -0.39 is 17.4 Å². The lowest BCUT2D eigenvalue weighted by Gasteiger charge is -2.26. The maximum Gasteiger partial charge on any atom is 0.315 e. The zero-order valence-corrected chi connectivity index (χ0v) is 11.7. The van der Waals surface area contributed by atoms with E-state index in [0.29, 0.717) is 0 Å². The van der Waals surface area contributed by atoms with E-state index in [4.69, 9.17) is 9.84 Å². The number of ether oxygens (including phenoxy) is 1. The molecule has 2 amide bonds. The molecular formula is C11H20N2O4S. The summed E-state index contributed by atoms with van der Waals surface area (Å²) in [5, 5.41) is 14.6. The number of nitrogens with one attached hydrogen (secondary N) is 2. The largest absolute Gasteiger partial charge is 0.481 e. The zero-order chi connectivity index (χ0) is 13.8. The molecule has 3 unspecified atom stereocenters. The number of thioether (sulfide) groups is 1. The zero-order valence-electron chi connectivity index (χ0n) is 10.9. The molecule has 0 saturated carbocycles. The first kappa shape index (κ1) is 15.1. The fourth-order valence-electron chi connectivity index (χ4n) is 1.80. The molecule has 1 rings (SSSR count). The van der Waals surface area contributed by atoms with Crippen molar-refractivity contribution < 1.29 is 19.4 Å². The quantitative estimate of drug-likeness (QED) is 0.681. The predicted octanol–water partition coefficient (Wildman–Crippen LogP) is 0.527. The minimum absolute atomic E-state index is 0.0402. The van der Waals surface area contributed by atoms with Gasteiger partial charge < -0.3 is 20.5 Å². The van der Waals surface area contributed by atoms with Gasteiger partial charge in [0.15, 0.2) is 0 Å². The second-order valence-electron chi connectivity index (χ2n) is 4.76. The van der Waals surface area contributed by atoms with E-state index in [2.05, 4.69) is 10.6 Å². The third-order valence-electron chi connectivity index (χ3n) is 3.04. The number of carbonyl (C=O) groups excluding carboxylic acids is 1. The topological polar surface area (TPSA) is 87.7 Å². The van der Waals surface area contributed by atoms with Crippen molar-refractivity contribution in [3.63, 3.8) is 0 Å². The molecule has 1 aliphatic heterocycles. The monoisotopic (exact) mass is 276 g/mol. The standard InChI is InChI=1S/C11H20N2O4S/c1-7(5-18-3)12-10(16)13-8-4-17-6-11(8,2)9(14)15/h7-8H,4-6H2,1-3H3,(H,14,15)(H2,12,13,16). The number of carboxylic acid groups (broad SMARTS) is 1. The Balaban J connectivity index is 2.51. The molecule has 1 heterocycles. The number of carbonyl (C=O) groups is 2. The van der Waals surface area contributed by atoms with Crippen LogP contribution in [0.3, 0.4) is 0 Å². The van der Waals surface area contributed by atoms with E-state index in [9.17, 15) is 9.59 Å². The maximum absolute atomic E-state index is 11.7. The minimum Gasteiger partial charge on any atom is -0.481 e. The van der Waals surface area contributed by atoms with Gasteiger partial charge in [-0.1, -0.05) is 0 Å². The predicted molar refractivity (Wildman–Crippen MR) is 69.9 cm³/mol. The molecule has 6 nitrogen and oxygen atoms in total. The molecule has 3 N–H and O–H groups in total. The van der Waals surface area contributed by atoms with E-state index in [1.54, 1.807) is 18.7 Å². The van der Waals surface area contributed by atoms with Gasteiger partial charge in [0, 0.05) is 11.8 Å². The highest BCUT2D eigenvalue weighted by atomic mass is 32.2. The van der Waals surface area contributed by atoms with Crippen molar-refractivity contribution in [2.45, 2.75) is 25.9 Å². The fourth-order valence-corrected chi connectivity index (χ4v) is 2.38. The van der Waals surface area contributed by atoms with Crippen molar-refractivity contribution in [2.75, 3.05) is 25.2 Å². The summed E-state index contributed by atoms with van der Waals surface area (Å²) in [4.78, 5) is 22.9. The second kappa shape index (κ2) is 6.29. The Morgan fingerprint density at radius 3 is 2.83 bits per heavy atom. The first-order valence-corrected chi connectivity index (χ1v) is 7.16. The van der Waals surface area contributed by atoms with Gasteiger partial charge in [-0.3, -0.25) is 4.79 Å². The second-order valence-corrected chi connectivity index (χ2v) is 5.68. The van der Waals surface area contributed by atoms with Crippen LogP contribution in [0.2, 0.25) is 0 Å². The van der Waals surface area contributed by atoms with Gasteiger partial charge in [0.1, 0.15) is 5.41 Å². The maximum atomic E-state index is 11.7. The van der Waals surface area contributed by atoms with Gasteiger partial charge in [0.05, 0.1) is 19.3 Å². The highest BCUT2D eigenvalue weighted by Crippen LogP contribution is 2.28. The van der Waals surface area contributed by atoms with E-state index in [1.807, 2.05) is 13.2 Å². The van der Waals surface area contributed by atoms with E-state index in [-0.39, 0.29) is 25.3 Å². The molecule has 104 valence electrons. The van der Waals surface area contributed by atoms with Gasteiger partial charge in [-0.2, -0.15) is 11.8 Å².